The second-order valence-electron chi connectivity index (χ2n) is 6.39. The summed E-state index contributed by atoms with van der Waals surface area (Å²) < 4.78 is 5.37. The van der Waals surface area contributed by atoms with E-state index in [1.54, 1.807) is 13.2 Å². The van der Waals surface area contributed by atoms with E-state index in [9.17, 15) is 4.79 Å². The van der Waals surface area contributed by atoms with Gasteiger partial charge in [-0.3, -0.25) is 4.79 Å². The molecule has 0 radical (unpaired) electrons. The van der Waals surface area contributed by atoms with Crippen molar-refractivity contribution in [2.24, 2.45) is 11.7 Å². The molecular weight excluding hydrogens is 300 g/mol. The number of ether oxygens (including phenoxy) is 1. The number of rotatable bonds is 3. The van der Waals surface area contributed by atoms with Gasteiger partial charge in [0, 0.05) is 5.92 Å². The fourth-order valence-corrected chi connectivity index (χ4v) is 3.99. The van der Waals surface area contributed by atoms with Crippen molar-refractivity contribution in [3.63, 3.8) is 0 Å². The molecule has 4 nitrogen and oxygen atoms in total. The average molecular weight is 320 g/mol. The zero-order valence-corrected chi connectivity index (χ0v) is 13.5. The summed E-state index contributed by atoms with van der Waals surface area (Å²) >= 11 is 0. The molecule has 0 bridgehead atoms. The molecule has 122 valence electrons. The summed E-state index contributed by atoms with van der Waals surface area (Å²) in [6.07, 6.45) is 5.50. The van der Waals surface area contributed by atoms with Crippen molar-refractivity contribution in [3.05, 3.63) is 71.3 Å². The van der Waals surface area contributed by atoms with E-state index in [-0.39, 0.29) is 6.04 Å². The average Bonchev–Trinajstić information content (AvgIpc) is 3.10. The van der Waals surface area contributed by atoms with E-state index in [2.05, 4.69) is 35.7 Å². The zero-order valence-electron chi connectivity index (χ0n) is 13.5. The van der Waals surface area contributed by atoms with Crippen LogP contribution in [0.1, 0.15) is 39.9 Å². The molecule has 24 heavy (non-hydrogen) atoms. The second kappa shape index (κ2) is 5.71. The van der Waals surface area contributed by atoms with Crippen molar-refractivity contribution >= 4 is 11.6 Å². The molecule has 2 aromatic carbocycles. The summed E-state index contributed by atoms with van der Waals surface area (Å²) in [5.74, 6) is 1.17. The Bertz CT molecular complexity index is 828. The molecule has 0 saturated carbocycles. The summed E-state index contributed by atoms with van der Waals surface area (Å²) in [5, 5.41) is 3.59. The predicted molar refractivity (Wildman–Crippen MR) is 94.3 cm³/mol. The molecule has 0 saturated heterocycles. The summed E-state index contributed by atoms with van der Waals surface area (Å²) in [5.41, 5.74) is 9.33. The molecule has 0 aromatic heterocycles. The van der Waals surface area contributed by atoms with Gasteiger partial charge in [-0.1, -0.05) is 36.4 Å². The SMILES string of the molecule is COc1cccc(C2Nc3c(C(N)=O)cccc3C3C=CCC32)c1. The lowest BCUT2D eigenvalue weighted by molar-refractivity contribution is 0.100. The van der Waals surface area contributed by atoms with Gasteiger partial charge in [0.15, 0.2) is 0 Å². The van der Waals surface area contributed by atoms with Crippen molar-refractivity contribution in [1.82, 2.24) is 0 Å². The lowest BCUT2D eigenvalue weighted by atomic mass is 9.76. The van der Waals surface area contributed by atoms with Gasteiger partial charge in [0.25, 0.3) is 5.91 Å². The molecule has 1 aliphatic carbocycles. The van der Waals surface area contributed by atoms with Gasteiger partial charge >= 0.3 is 0 Å². The van der Waals surface area contributed by atoms with Crippen LogP contribution < -0.4 is 15.8 Å². The monoisotopic (exact) mass is 320 g/mol. The van der Waals surface area contributed by atoms with Crippen molar-refractivity contribution < 1.29 is 9.53 Å². The summed E-state index contributed by atoms with van der Waals surface area (Å²) in [4.78, 5) is 11.9. The largest absolute Gasteiger partial charge is 0.497 e. The predicted octanol–water partition coefficient (Wildman–Crippen LogP) is 3.62. The second-order valence-corrected chi connectivity index (χ2v) is 6.39. The maximum Gasteiger partial charge on any atom is 0.250 e. The minimum absolute atomic E-state index is 0.119. The van der Waals surface area contributed by atoms with Crippen LogP contribution in [0.25, 0.3) is 0 Å². The van der Waals surface area contributed by atoms with Crippen LogP contribution in [0.2, 0.25) is 0 Å². The van der Waals surface area contributed by atoms with Crippen LogP contribution in [0, 0.1) is 5.92 Å². The number of hydrogen-bond donors (Lipinski definition) is 2. The molecule has 3 N–H and O–H groups in total. The standard InChI is InChI=1S/C20H20N2O2/c1-24-13-6-2-5-12(11-13)18-15-8-3-7-14(15)16-9-4-10-17(20(21)23)19(16)22-18/h2-7,9-11,14-15,18,22H,8H2,1H3,(H2,21,23). The van der Waals surface area contributed by atoms with E-state index in [1.165, 1.54) is 0 Å². The molecule has 2 aliphatic rings. The van der Waals surface area contributed by atoms with Crippen LogP contribution in [-0.2, 0) is 0 Å². The third-order valence-electron chi connectivity index (χ3n) is 5.12. The Morgan fingerprint density at radius 3 is 2.88 bits per heavy atom. The first kappa shape index (κ1) is 14.8. The molecular formula is C20H20N2O2. The molecule has 1 amide bonds. The lowest BCUT2D eigenvalue weighted by Gasteiger charge is -2.38. The van der Waals surface area contributed by atoms with E-state index in [0.29, 0.717) is 17.4 Å². The minimum atomic E-state index is -0.399. The number of para-hydroxylation sites is 1. The molecule has 2 aromatic rings. The molecule has 0 spiro atoms. The van der Waals surface area contributed by atoms with Gasteiger partial charge in [-0.2, -0.15) is 0 Å². The van der Waals surface area contributed by atoms with E-state index >= 15 is 0 Å². The van der Waals surface area contributed by atoms with Gasteiger partial charge in [0.05, 0.1) is 24.4 Å². The normalized spacial score (nSPS) is 24.0. The fraction of sp³-hybridized carbons (Fsp3) is 0.250. The number of anilines is 1. The molecule has 1 heterocycles. The fourth-order valence-electron chi connectivity index (χ4n) is 3.99. The highest BCUT2D eigenvalue weighted by molar-refractivity contribution is 5.99. The maximum atomic E-state index is 11.9. The quantitative estimate of drug-likeness (QED) is 0.849. The van der Waals surface area contributed by atoms with Crippen LogP contribution in [-0.4, -0.2) is 13.0 Å². The Hall–Kier alpha value is -2.75. The van der Waals surface area contributed by atoms with E-state index in [0.717, 1.165) is 29.0 Å². The number of carbonyl (C=O) groups is 1. The van der Waals surface area contributed by atoms with Gasteiger partial charge in [-0.05, 0) is 41.7 Å². The van der Waals surface area contributed by atoms with Crippen LogP contribution in [0.4, 0.5) is 5.69 Å². The summed E-state index contributed by atoms with van der Waals surface area (Å²) in [6, 6.07) is 14.0. The highest BCUT2D eigenvalue weighted by Crippen LogP contribution is 2.50. The smallest absolute Gasteiger partial charge is 0.250 e. The van der Waals surface area contributed by atoms with Gasteiger partial charge in [0.1, 0.15) is 5.75 Å². The number of amides is 1. The van der Waals surface area contributed by atoms with Gasteiger partial charge in [-0.25, -0.2) is 0 Å². The number of hydrogen-bond acceptors (Lipinski definition) is 3. The Morgan fingerprint density at radius 2 is 2.08 bits per heavy atom. The van der Waals surface area contributed by atoms with Crippen molar-refractivity contribution in [1.29, 1.82) is 0 Å². The Morgan fingerprint density at radius 1 is 1.25 bits per heavy atom. The molecule has 4 heteroatoms. The van der Waals surface area contributed by atoms with Gasteiger partial charge < -0.3 is 15.8 Å². The Kier molecular flexibility index (Phi) is 3.53. The first-order valence-corrected chi connectivity index (χ1v) is 8.19. The zero-order chi connectivity index (χ0) is 16.7. The van der Waals surface area contributed by atoms with Crippen molar-refractivity contribution in [2.75, 3.05) is 12.4 Å². The Labute approximate surface area is 141 Å². The number of primary amides is 1. The molecule has 4 rings (SSSR count). The van der Waals surface area contributed by atoms with Crippen LogP contribution in [0.15, 0.2) is 54.6 Å². The topological polar surface area (TPSA) is 64.3 Å². The highest BCUT2D eigenvalue weighted by Gasteiger charge is 2.39. The van der Waals surface area contributed by atoms with Gasteiger partial charge in [0.2, 0.25) is 0 Å². The third-order valence-corrected chi connectivity index (χ3v) is 5.12. The van der Waals surface area contributed by atoms with Crippen LogP contribution in [0.5, 0.6) is 5.75 Å². The van der Waals surface area contributed by atoms with E-state index in [1.807, 2.05) is 18.2 Å². The van der Waals surface area contributed by atoms with Crippen LogP contribution in [0.3, 0.4) is 0 Å². The number of allylic oxidation sites excluding steroid dienone is 2. The molecule has 0 fully saturated rings. The maximum absolute atomic E-state index is 11.9. The lowest BCUT2D eigenvalue weighted by Crippen LogP contribution is -2.31. The number of fused-ring (bicyclic) bond motifs is 3. The molecule has 3 unspecified atom stereocenters. The highest BCUT2D eigenvalue weighted by atomic mass is 16.5. The summed E-state index contributed by atoms with van der Waals surface area (Å²) in [7, 11) is 1.67. The first-order valence-electron chi connectivity index (χ1n) is 8.19. The van der Waals surface area contributed by atoms with Crippen LogP contribution >= 0.6 is 0 Å². The first-order chi connectivity index (χ1) is 11.7. The minimum Gasteiger partial charge on any atom is -0.497 e. The number of methoxy groups -OCH3 is 1. The summed E-state index contributed by atoms with van der Waals surface area (Å²) in [6.45, 7) is 0. The number of nitrogens with one attached hydrogen (secondary N) is 1. The molecule has 1 aliphatic heterocycles. The van der Waals surface area contributed by atoms with Crippen molar-refractivity contribution in [2.45, 2.75) is 18.4 Å². The third kappa shape index (κ3) is 2.26. The Balaban J connectivity index is 1.83. The van der Waals surface area contributed by atoms with E-state index < -0.39 is 5.91 Å². The van der Waals surface area contributed by atoms with Crippen molar-refractivity contribution in [3.8, 4) is 5.75 Å². The number of carbonyl (C=O) groups excluding carboxylic acids is 1. The van der Waals surface area contributed by atoms with Gasteiger partial charge in [-0.15, -0.1) is 0 Å². The number of nitrogens with two attached hydrogens (primary N) is 1. The number of benzene rings is 2. The molecule has 3 atom stereocenters. The van der Waals surface area contributed by atoms with E-state index in [4.69, 9.17) is 10.5 Å².